The van der Waals surface area contributed by atoms with Crippen molar-refractivity contribution in [1.29, 1.82) is 0 Å². The van der Waals surface area contributed by atoms with E-state index < -0.39 is 17.5 Å². The van der Waals surface area contributed by atoms with Crippen LogP contribution in [0.2, 0.25) is 5.02 Å². The van der Waals surface area contributed by atoms with Crippen LogP contribution in [0.4, 0.5) is 13.2 Å². The third kappa shape index (κ3) is 4.10. The normalized spacial score (nSPS) is 19.4. The molecule has 0 unspecified atom stereocenters. The van der Waals surface area contributed by atoms with E-state index in [0.29, 0.717) is 48.7 Å². The zero-order valence-electron chi connectivity index (χ0n) is 17.9. The van der Waals surface area contributed by atoms with Crippen LogP contribution in [0, 0.1) is 6.92 Å². The summed E-state index contributed by atoms with van der Waals surface area (Å²) in [6.45, 7) is 6.24. The van der Waals surface area contributed by atoms with E-state index in [1.807, 2.05) is 13.8 Å². The summed E-state index contributed by atoms with van der Waals surface area (Å²) in [6.07, 6.45) is -2.45. The predicted molar refractivity (Wildman–Crippen MR) is 113 cm³/mol. The summed E-state index contributed by atoms with van der Waals surface area (Å²) < 4.78 is 49.7. The van der Waals surface area contributed by atoms with Crippen LogP contribution < -0.4 is 0 Å². The number of aromatic nitrogens is 1. The summed E-state index contributed by atoms with van der Waals surface area (Å²) in [6, 6.07) is 6.29. The predicted octanol–water partition coefficient (Wildman–Crippen LogP) is 6.11. The summed E-state index contributed by atoms with van der Waals surface area (Å²) in [4.78, 5) is 15.4. The number of hydrogen-bond donors (Lipinski definition) is 0. The van der Waals surface area contributed by atoms with Gasteiger partial charge in [0.25, 0.3) is 5.91 Å². The van der Waals surface area contributed by atoms with E-state index in [4.69, 9.17) is 16.3 Å². The number of hydrogen-bond acceptors (Lipinski definition) is 2. The van der Waals surface area contributed by atoms with Crippen LogP contribution in [0.25, 0.3) is 11.1 Å². The van der Waals surface area contributed by atoms with Crippen LogP contribution in [0.3, 0.4) is 0 Å². The maximum absolute atomic E-state index is 14.2. The van der Waals surface area contributed by atoms with Crippen molar-refractivity contribution in [2.24, 2.45) is 0 Å². The molecule has 1 aromatic heterocycles. The fraction of sp³-hybridized carbons (Fsp3) is 0.522. The molecule has 0 bridgehead atoms. The van der Waals surface area contributed by atoms with Gasteiger partial charge in [0.2, 0.25) is 0 Å². The number of amides is 1. The van der Waals surface area contributed by atoms with Gasteiger partial charge in [-0.05, 0) is 63.3 Å². The Morgan fingerprint density at radius 1 is 1.19 bits per heavy atom. The highest BCUT2D eigenvalue weighted by atomic mass is 35.5. The number of benzene rings is 1. The fourth-order valence-electron chi connectivity index (χ4n) is 4.59. The van der Waals surface area contributed by atoms with Gasteiger partial charge in [0.15, 0.2) is 0 Å². The first kappa shape index (κ1) is 22.2. The minimum atomic E-state index is -4.57. The molecule has 1 amide bonds. The van der Waals surface area contributed by atoms with Crippen molar-refractivity contribution in [2.45, 2.75) is 57.9 Å². The lowest BCUT2D eigenvalue weighted by atomic mass is 9.92. The Balaban J connectivity index is 1.94. The maximum atomic E-state index is 14.2. The van der Waals surface area contributed by atoms with E-state index in [1.54, 1.807) is 29.2 Å². The molecule has 8 heteroatoms. The van der Waals surface area contributed by atoms with E-state index in [9.17, 15) is 18.0 Å². The maximum Gasteiger partial charge on any atom is 0.431 e. The highest BCUT2D eigenvalue weighted by Gasteiger charge is 2.45. The number of ether oxygens (including phenoxy) is 1. The van der Waals surface area contributed by atoms with E-state index in [2.05, 4.69) is 0 Å². The molecule has 0 atom stereocenters. The Morgan fingerprint density at radius 3 is 2.35 bits per heavy atom. The molecule has 1 aromatic carbocycles. The van der Waals surface area contributed by atoms with Gasteiger partial charge in [-0.1, -0.05) is 23.7 Å². The molecule has 168 valence electrons. The summed E-state index contributed by atoms with van der Waals surface area (Å²) in [5, 5.41) is 0.485. The van der Waals surface area contributed by atoms with Crippen LogP contribution in [0.1, 0.15) is 60.9 Å². The molecule has 1 saturated heterocycles. The van der Waals surface area contributed by atoms with Gasteiger partial charge in [0, 0.05) is 29.7 Å². The third-order valence-electron chi connectivity index (χ3n) is 6.21. The summed E-state index contributed by atoms with van der Waals surface area (Å²) in [5.74, 6) is -0.383. The molecule has 2 heterocycles. The van der Waals surface area contributed by atoms with Gasteiger partial charge in [-0.15, -0.1) is 0 Å². The zero-order valence-corrected chi connectivity index (χ0v) is 18.6. The Kier molecular flexibility index (Phi) is 5.63. The van der Waals surface area contributed by atoms with Crippen molar-refractivity contribution < 1.29 is 22.7 Å². The fourth-order valence-corrected chi connectivity index (χ4v) is 4.71. The van der Waals surface area contributed by atoms with Gasteiger partial charge in [0.05, 0.1) is 12.2 Å². The molecule has 2 fully saturated rings. The molecule has 1 aliphatic carbocycles. The van der Waals surface area contributed by atoms with Crippen LogP contribution in [0.5, 0.6) is 0 Å². The van der Waals surface area contributed by atoms with Gasteiger partial charge in [-0.3, -0.25) is 4.79 Å². The number of nitrogens with zero attached hydrogens (tertiary/aromatic N) is 2. The smallest absolute Gasteiger partial charge is 0.372 e. The van der Waals surface area contributed by atoms with Crippen molar-refractivity contribution in [1.82, 2.24) is 9.47 Å². The Morgan fingerprint density at radius 2 is 1.84 bits per heavy atom. The second-order valence-corrected chi connectivity index (χ2v) is 9.43. The monoisotopic (exact) mass is 454 g/mol. The molecule has 31 heavy (non-hydrogen) atoms. The largest absolute Gasteiger partial charge is 0.431 e. The average Bonchev–Trinajstić information content (AvgIpc) is 2.92. The summed E-state index contributed by atoms with van der Waals surface area (Å²) >= 11 is 6.01. The lowest BCUT2D eigenvalue weighted by Crippen LogP contribution is -2.51. The van der Waals surface area contributed by atoms with Crippen LogP contribution >= 0.6 is 11.6 Å². The van der Waals surface area contributed by atoms with E-state index in [1.165, 1.54) is 11.5 Å². The van der Waals surface area contributed by atoms with Crippen molar-refractivity contribution in [3.05, 3.63) is 46.2 Å². The van der Waals surface area contributed by atoms with E-state index >= 15 is 0 Å². The Bertz CT molecular complexity index is 992. The molecule has 4 rings (SSSR count). The third-order valence-corrected chi connectivity index (χ3v) is 6.46. The SMILES string of the molecule is Cc1c(-c2ccc(Cl)cc2)c(C(=O)N2CCOC(C)(C)C2)n(C2CCC2)c1C(F)(F)F. The van der Waals surface area contributed by atoms with Gasteiger partial charge >= 0.3 is 6.18 Å². The second kappa shape index (κ2) is 7.85. The van der Waals surface area contributed by atoms with Crippen molar-refractivity contribution in [3.63, 3.8) is 0 Å². The summed E-state index contributed by atoms with van der Waals surface area (Å²) in [5.41, 5.74) is -0.180. The van der Waals surface area contributed by atoms with Crippen LogP contribution in [-0.4, -0.2) is 40.7 Å². The first-order chi connectivity index (χ1) is 14.5. The van der Waals surface area contributed by atoms with Gasteiger partial charge in [-0.25, -0.2) is 0 Å². The molecule has 0 spiro atoms. The topological polar surface area (TPSA) is 34.5 Å². The summed E-state index contributed by atoms with van der Waals surface area (Å²) in [7, 11) is 0. The Labute approximate surface area is 184 Å². The van der Waals surface area contributed by atoms with E-state index in [0.717, 1.165) is 6.42 Å². The molecule has 1 saturated carbocycles. The molecular formula is C23H26ClF3N2O2. The van der Waals surface area contributed by atoms with Crippen molar-refractivity contribution in [2.75, 3.05) is 19.7 Å². The molecule has 2 aliphatic rings. The number of carbonyl (C=O) groups excluding carboxylic acids is 1. The average molecular weight is 455 g/mol. The van der Waals surface area contributed by atoms with Crippen LogP contribution in [-0.2, 0) is 10.9 Å². The van der Waals surface area contributed by atoms with E-state index in [-0.39, 0.29) is 23.2 Å². The lowest BCUT2D eigenvalue weighted by molar-refractivity contribution is -0.145. The number of carbonyl (C=O) groups is 1. The minimum absolute atomic E-state index is 0.0811. The van der Waals surface area contributed by atoms with Gasteiger partial charge in [0.1, 0.15) is 11.4 Å². The highest BCUT2D eigenvalue weighted by molar-refractivity contribution is 6.30. The number of halogens is 4. The molecule has 1 aliphatic heterocycles. The number of rotatable bonds is 3. The molecular weight excluding hydrogens is 429 g/mol. The van der Waals surface area contributed by atoms with Crippen molar-refractivity contribution >= 4 is 17.5 Å². The molecule has 0 N–H and O–H groups in total. The first-order valence-corrected chi connectivity index (χ1v) is 10.9. The quantitative estimate of drug-likeness (QED) is 0.560. The van der Waals surface area contributed by atoms with Gasteiger partial charge < -0.3 is 14.2 Å². The lowest BCUT2D eigenvalue weighted by Gasteiger charge is -2.39. The molecule has 4 nitrogen and oxygen atoms in total. The standard InChI is InChI=1S/C23H26ClF3N2O2/c1-14-18(15-7-9-16(24)10-8-15)19(21(30)28-11-12-31-22(2,3)13-28)29(17-5-4-6-17)20(14)23(25,26)27/h7-10,17H,4-6,11-13H2,1-3H3. The second-order valence-electron chi connectivity index (χ2n) is 8.99. The zero-order chi connectivity index (χ0) is 22.6. The highest BCUT2D eigenvalue weighted by Crippen LogP contribution is 2.46. The number of morpholine rings is 1. The first-order valence-electron chi connectivity index (χ1n) is 10.5. The molecule has 2 aromatic rings. The van der Waals surface area contributed by atoms with Crippen LogP contribution in [0.15, 0.2) is 24.3 Å². The minimum Gasteiger partial charge on any atom is -0.372 e. The van der Waals surface area contributed by atoms with Gasteiger partial charge in [-0.2, -0.15) is 13.2 Å². The van der Waals surface area contributed by atoms with Crippen molar-refractivity contribution in [3.8, 4) is 11.1 Å². The molecule has 0 radical (unpaired) electrons. The number of alkyl halides is 3. The Hall–Kier alpha value is -1.99.